The van der Waals surface area contributed by atoms with Crippen LogP contribution in [0.15, 0.2) is 30.6 Å². The van der Waals surface area contributed by atoms with Gasteiger partial charge in [0.15, 0.2) is 0 Å². The van der Waals surface area contributed by atoms with E-state index in [1.54, 1.807) is 0 Å². The van der Waals surface area contributed by atoms with Crippen LogP contribution in [0.4, 0.5) is 0 Å². The van der Waals surface area contributed by atoms with E-state index in [0.29, 0.717) is 0 Å². The van der Waals surface area contributed by atoms with Gasteiger partial charge in [-0.15, -0.1) is 0 Å². The standard InChI is InChI=1S/C9H8IN/c1-7-4-5-11-6-8(10)2-3-9(7)11/h2-6H,1H3. The number of aryl methyl sites for hydroxylation is 1. The second-order valence-electron chi connectivity index (χ2n) is 2.64. The molecule has 56 valence electrons. The molecule has 0 bridgehead atoms. The Kier molecular flexibility index (Phi) is 1.64. The average molecular weight is 257 g/mol. The van der Waals surface area contributed by atoms with Gasteiger partial charge in [-0.05, 0) is 53.3 Å². The lowest BCUT2D eigenvalue weighted by atomic mass is 10.3. The molecule has 0 aromatic carbocycles. The molecule has 2 heterocycles. The highest BCUT2D eigenvalue weighted by molar-refractivity contribution is 14.1. The van der Waals surface area contributed by atoms with E-state index >= 15 is 0 Å². The number of pyridine rings is 1. The fourth-order valence-electron chi connectivity index (χ4n) is 1.23. The van der Waals surface area contributed by atoms with Gasteiger partial charge in [-0.3, -0.25) is 0 Å². The lowest BCUT2D eigenvalue weighted by Crippen LogP contribution is -1.82. The van der Waals surface area contributed by atoms with Crippen LogP contribution in [-0.2, 0) is 0 Å². The molecule has 0 saturated carbocycles. The van der Waals surface area contributed by atoms with Gasteiger partial charge in [-0.1, -0.05) is 0 Å². The lowest BCUT2D eigenvalue weighted by Gasteiger charge is -1.95. The van der Waals surface area contributed by atoms with Crippen molar-refractivity contribution >= 4 is 28.1 Å². The van der Waals surface area contributed by atoms with Crippen molar-refractivity contribution in [2.45, 2.75) is 6.92 Å². The SMILES string of the molecule is Cc1ccn2cc(I)ccc12. The van der Waals surface area contributed by atoms with E-state index in [1.165, 1.54) is 14.7 Å². The first kappa shape index (κ1) is 7.16. The quantitative estimate of drug-likeness (QED) is 0.639. The summed E-state index contributed by atoms with van der Waals surface area (Å²) in [5.41, 5.74) is 2.63. The molecular formula is C9H8IN. The molecule has 0 aliphatic heterocycles. The van der Waals surface area contributed by atoms with E-state index in [0.717, 1.165) is 0 Å². The van der Waals surface area contributed by atoms with Gasteiger partial charge in [-0.25, -0.2) is 0 Å². The minimum Gasteiger partial charge on any atom is -0.323 e. The minimum absolute atomic E-state index is 1.27. The molecule has 0 spiro atoms. The highest BCUT2D eigenvalue weighted by Crippen LogP contribution is 2.13. The average Bonchev–Trinajstić information content (AvgIpc) is 2.32. The Labute approximate surface area is 79.2 Å². The topological polar surface area (TPSA) is 4.41 Å². The molecule has 2 rings (SSSR count). The van der Waals surface area contributed by atoms with E-state index < -0.39 is 0 Å². The Balaban J connectivity index is 2.86. The van der Waals surface area contributed by atoms with Gasteiger partial charge in [0.1, 0.15) is 0 Å². The van der Waals surface area contributed by atoms with Crippen molar-refractivity contribution in [2.24, 2.45) is 0 Å². The maximum atomic E-state index is 2.32. The van der Waals surface area contributed by atoms with E-state index in [1.807, 2.05) is 0 Å². The Bertz CT molecular complexity index is 389. The molecule has 0 N–H and O–H groups in total. The predicted molar refractivity (Wildman–Crippen MR) is 54.9 cm³/mol. The van der Waals surface area contributed by atoms with E-state index in [2.05, 4.69) is 64.5 Å². The molecule has 0 aliphatic rings. The van der Waals surface area contributed by atoms with Crippen LogP contribution < -0.4 is 0 Å². The maximum absolute atomic E-state index is 2.32. The first-order valence-electron chi connectivity index (χ1n) is 3.50. The molecule has 2 aromatic rings. The van der Waals surface area contributed by atoms with Crippen molar-refractivity contribution in [2.75, 3.05) is 0 Å². The van der Waals surface area contributed by atoms with Crippen molar-refractivity contribution in [1.29, 1.82) is 0 Å². The van der Waals surface area contributed by atoms with Crippen molar-refractivity contribution in [1.82, 2.24) is 4.40 Å². The van der Waals surface area contributed by atoms with E-state index in [9.17, 15) is 0 Å². The first-order chi connectivity index (χ1) is 5.27. The highest BCUT2D eigenvalue weighted by Gasteiger charge is 1.95. The van der Waals surface area contributed by atoms with Gasteiger partial charge in [0, 0.05) is 21.5 Å². The van der Waals surface area contributed by atoms with Gasteiger partial charge in [0.2, 0.25) is 0 Å². The van der Waals surface area contributed by atoms with E-state index in [-0.39, 0.29) is 0 Å². The maximum Gasteiger partial charge on any atom is 0.0479 e. The fourth-order valence-corrected chi connectivity index (χ4v) is 1.71. The first-order valence-corrected chi connectivity index (χ1v) is 4.58. The van der Waals surface area contributed by atoms with Gasteiger partial charge in [0.25, 0.3) is 0 Å². The molecule has 0 unspecified atom stereocenters. The molecule has 2 heteroatoms. The monoisotopic (exact) mass is 257 g/mol. The molecule has 0 atom stereocenters. The van der Waals surface area contributed by atoms with E-state index in [4.69, 9.17) is 0 Å². The number of aromatic nitrogens is 1. The second-order valence-corrected chi connectivity index (χ2v) is 3.88. The van der Waals surface area contributed by atoms with Crippen LogP contribution >= 0.6 is 22.6 Å². The molecule has 0 saturated heterocycles. The highest BCUT2D eigenvalue weighted by atomic mass is 127. The van der Waals surface area contributed by atoms with Crippen LogP contribution in [0.25, 0.3) is 5.52 Å². The number of halogens is 1. The Morgan fingerprint density at radius 3 is 2.91 bits per heavy atom. The van der Waals surface area contributed by atoms with Crippen LogP contribution in [0.3, 0.4) is 0 Å². The number of hydrogen-bond donors (Lipinski definition) is 0. The van der Waals surface area contributed by atoms with Crippen LogP contribution in [0.1, 0.15) is 5.56 Å². The van der Waals surface area contributed by atoms with Crippen molar-refractivity contribution in [3.8, 4) is 0 Å². The fraction of sp³-hybridized carbons (Fsp3) is 0.111. The summed E-state index contributed by atoms with van der Waals surface area (Å²) in [5.74, 6) is 0. The number of nitrogens with zero attached hydrogens (tertiary/aromatic N) is 1. The van der Waals surface area contributed by atoms with Crippen LogP contribution in [0, 0.1) is 10.5 Å². The molecule has 2 aromatic heterocycles. The summed E-state index contributed by atoms with van der Waals surface area (Å²) in [7, 11) is 0. The summed E-state index contributed by atoms with van der Waals surface area (Å²) in [6.07, 6.45) is 4.22. The summed E-state index contributed by atoms with van der Waals surface area (Å²) in [5, 5.41) is 0. The third-order valence-electron chi connectivity index (χ3n) is 1.83. The van der Waals surface area contributed by atoms with Gasteiger partial charge in [-0.2, -0.15) is 0 Å². The van der Waals surface area contributed by atoms with Gasteiger partial charge >= 0.3 is 0 Å². The Hall–Kier alpha value is -0.510. The summed E-state index contributed by atoms with van der Waals surface area (Å²) in [4.78, 5) is 0. The van der Waals surface area contributed by atoms with Gasteiger partial charge in [0.05, 0.1) is 0 Å². The number of fused-ring (bicyclic) bond motifs is 1. The Morgan fingerprint density at radius 2 is 2.09 bits per heavy atom. The molecular weight excluding hydrogens is 249 g/mol. The Morgan fingerprint density at radius 1 is 1.27 bits per heavy atom. The van der Waals surface area contributed by atoms with Crippen LogP contribution in [0.2, 0.25) is 0 Å². The molecule has 0 fully saturated rings. The third kappa shape index (κ3) is 1.15. The largest absolute Gasteiger partial charge is 0.323 e. The predicted octanol–water partition coefficient (Wildman–Crippen LogP) is 2.85. The zero-order valence-corrected chi connectivity index (χ0v) is 8.37. The normalized spacial score (nSPS) is 10.7. The molecule has 11 heavy (non-hydrogen) atoms. The number of rotatable bonds is 0. The summed E-state index contributed by atoms with van der Waals surface area (Å²) in [6, 6.07) is 6.41. The van der Waals surface area contributed by atoms with Gasteiger partial charge < -0.3 is 4.40 Å². The third-order valence-corrected chi connectivity index (χ3v) is 2.47. The molecule has 0 amide bonds. The number of hydrogen-bond acceptors (Lipinski definition) is 0. The van der Waals surface area contributed by atoms with Crippen LogP contribution in [-0.4, -0.2) is 4.40 Å². The molecule has 1 nitrogen and oxygen atoms in total. The van der Waals surface area contributed by atoms with Crippen LogP contribution in [0.5, 0.6) is 0 Å². The summed E-state index contributed by atoms with van der Waals surface area (Å²) >= 11 is 2.32. The smallest absolute Gasteiger partial charge is 0.0479 e. The van der Waals surface area contributed by atoms with Crippen molar-refractivity contribution < 1.29 is 0 Å². The van der Waals surface area contributed by atoms with Crippen molar-refractivity contribution in [3.05, 3.63) is 39.7 Å². The minimum atomic E-state index is 1.27. The molecule has 0 radical (unpaired) electrons. The zero-order valence-electron chi connectivity index (χ0n) is 6.21. The zero-order chi connectivity index (χ0) is 7.84. The lowest BCUT2D eigenvalue weighted by molar-refractivity contribution is 1.18. The summed E-state index contributed by atoms with van der Waals surface area (Å²) < 4.78 is 3.42. The second kappa shape index (κ2) is 2.52. The summed E-state index contributed by atoms with van der Waals surface area (Å²) in [6.45, 7) is 2.13. The van der Waals surface area contributed by atoms with Crippen molar-refractivity contribution in [3.63, 3.8) is 0 Å². The molecule has 0 aliphatic carbocycles.